The molecule has 0 heterocycles. The van der Waals surface area contributed by atoms with Gasteiger partial charge in [0.1, 0.15) is 11.6 Å². The minimum atomic E-state index is -1.04. The van der Waals surface area contributed by atoms with Gasteiger partial charge < -0.3 is 5.32 Å². The smallest absolute Gasteiger partial charge is 0.163 e. The Balaban J connectivity index is 2.53. The van der Waals surface area contributed by atoms with E-state index >= 15 is 0 Å². The molecular formula is C15H13F4N. The summed E-state index contributed by atoms with van der Waals surface area (Å²) < 4.78 is 54.0. The van der Waals surface area contributed by atoms with E-state index in [4.69, 9.17) is 0 Å². The van der Waals surface area contributed by atoms with Gasteiger partial charge in [0, 0.05) is 17.2 Å². The molecule has 1 unspecified atom stereocenters. The van der Waals surface area contributed by atoms with Crippen LogP contribution in [0.15, 0.2) is 36.4 Å². The lowest BCUT2D eigenvalue weighted by molar-refractivity contribution is 0.476. The largest absolute Gasteiger partial charge is 0.306 e. The van der Waals surface area contributed by atoms with Crippen molar-refractivity contribution in [2.24, 2.45) is 0 Å². The molecule has 2 aromatic carbocycles. The predicted molar refractivity (Wildman–Crippen MR) is 68.2 cm³/mol. The average Bonchev–Trinajstić information content (AvgIpc) is 2.40. The van der Waals surface area contributed by atoms with E-state index in [1.165, 1.54) is 18.2 Å². The number of halogens is 4. The molecule has 106 valence electrons. The Morgan fingerprint density at radius 3 is 2.35 bits per heavy atom. The van der Waals surface area contributed by atoms with E-state index in [-0.39, 0.29) is 11.1 Å². The predicted octanol–water partition coefficient (Wildman–Crippen LogP) is 3.94. The van der Waals surface area contributed by atoms with E-state index < -0.39 is 29.3 Å². The monoisotopic (exact) mass is 283 g/mol. The fourth-order valence-electron chi connectivity index (χ4n) is 2.07. The molecule has 5 heteroatoms. The molecule has 1 atom stereocenters. The maximum Gasteiger partial charge on any atom is 0.163 e. The second kappa shape index (κ2) is 6.05. The Kier molecular flexibility index (Phi) is 4.39. The molecule has 2 aromatic rings. The van der Waals surface area contributed by atoms with Gasteiger partial charge in [-0.3, -0.25) is 0 Å². The quantitative estimate of drug-likeness (QED) is 0.838. The van der Waals surface area contributed by atoms with Gasteiger partial charge in [0.25, 0.3) is 0 Å². The van der Waals surface area contributed by atoms with Crippen LogP contribution in [-0.2, 0) is 0 Å². The first-order valence-corrected chi connectivity index (χ1v) is 6.16. The number of hydrogen-bond donors (Lipinski definition) is 1. The minimum absolute atomic E-state index is 0.0163. The number of benzene rings is 2. The first-order valence-electron chi connectivity index (χ1n) is 6.16. The van der Waals surface area contributed by atoms with Gasteiger partial charge in [-0.1, -0.05) is 25.1 Å². The fourth-order valence-corrected chi connectivity index (χ4v) is 2.07. The Bertz CT molecular complexity index is 613. The van der Waals surface area contributed by atoms with Crippen LogP contribution in [0.5, 0.6) is 0 Å². The molecule has 0 aliphatic heterocycles. The third-order valence-electron chi connectivity index (χ3n) is 2.97. The van der Waals surface area contributed by atoms with Crippen LogP contribution in [0.4, 0.5) is 17.6 Å². The second-order valence-electron chi connectivity index (χ2n) is 4.30. The molecule has 0 radical (unpaired) electrons. The lowest BCUT2D eigenvalue weighted by atomic mass is 9.97. The molecule has 20 heavy (non-hydrogen) atoms. The summed E-state index contributed by atoms with van der Waals surface area (Å²) in [5, 5.41) is 2.87. The van der Waals surface area contributed by atoms with Gasteiger partial charge in [0.05, 0.1) is 6.04 Å². The standard InChI is InChI=1S/C15H13F4N/c1-2-20-15(10-7-6-9(16)8-13(10)18)11-4-3-5-12(17)14(11)19/h3-8,15,20H,2H2,1H3. The Morgan fingerprint density at radius 1 is 0.950 bits per heavy atom. The van der Waals surface area contributed by atoms with Crippen molar-refractivity contribution in [2.75, 3.05) is 6.54 Å². The topological polar surface area (TPSA) is 12.0 Å². The summed E-state index contributed by atoms with van der Waals surface area (Å²) in [6.07, 6.45) is 0. The first-order chi connectivity index (χ1) is 9.54. The van der Waals surface area contributed by atoms with Gasteiger partial charge in [-0.2, -0.15) is 0 Å². The molecule has 2 rings (SSSR count). The Morgan fingerprint density at radius 2 is 1.70 bits per heavy atom. The van der Waals surface area contributed by atoms with Crippen LogP contribution in [0.25, 0.3) is 0 Å². The maximum atomic E-state index is 13.9. The van der Waals surface area contributed by atoms with Gasteiger partial charge in [0.2, 0.25) is 0 Å². The summed E-state index contributed by atoms with van der Waals surface area (Å²) in [6.45, 7) is 2.17. The molecule has 0 fully saturated rings. The Hall–Kier alpha value is -1.88. The normalized spacial score (nSPS) is 12.4. The summed E-state index contributed by atoms with van der Waals surface area (Å²) in [5.74, 6) is -3.57. The van der Waals surface area contributed by atoms with E-state index in [2.05, 4.69) is 5.32 Å². The molecule has 1 N–H and O–H groups in total. The minimum Gasteiger partial charge on any atom is -0.306 e. The molecule has 0 aliphatic rings. The van der Waals surface area contributed by atoms with Crippen LogP contribution in [0.1, 0.15) is 24.1 Å². The van der Waals surface area contributed by atoms with E-state index in [0.717, 1.165) is 18.2 Å². The van der Waals surface area contributed by atoms with Crippen molar-refractivity contribution in [2.45, 2.75) is 13.0 Å². The van der Waals surface area contributed by atoms with E-state index in [9.17, 15) is 17.6 Å². The van der Waals surface area contributed by atoms with Crippen LogP contribution < -0.4 is 5.32 Å². The third kappa shape index (κ3) is 2.82. The van der Waals surface area contributed by atoms with Crippen molar-refractivity contribution in [1.29, 1.82) is 0 Å². The molecule has 0 saturated heterocycles. The molecular weight excluding hydrogens is 270 g/mol. The van der Waals surface area contributed by atoms with Crippen LogP contribution in [-0.4, -0.2) is 6.54 Å². The van der Waals surface area contributed by atoms with Gasteiger partial charge in [-0.05, 0) is 18.7 Å². The van der Waals surface area contributed by atoms with Crippen molar-refractivity contribution in [3.05, 3.63) is 70.8 Å². The van der Waals surface area contributed by atoms with Crippen molar-refractivity contribution in [3.8, 4) is 0 Å². The van der Waals surface area contributed by atoms with E-state index in [1.54, 1.807) is 6.92 Å². The van der Waals surface area contributed by atoms with Crippen molar-refractivity contribution >= 4 is 0 Å². The number of rotatable bonds is 4. The highest BCUT2D eigenvalue weighted by Crippen LogP contribution is 2.27. The first kappa shape index (κ1) is 14.5. The lowest BCUT2D eigenvalue weighted by Crippen LogP contribution is -2.24. The zero-order valence-corrected chi connectivity index (χ0v) is 10.8. The van der Waals surface area contributed by atoms with Crippen LogP contribution in [0, 0.1) is 23.3 Å². The van der Waals surface area contributed by atoms with Gasteiger partial charge in [-0.25, -0.2) is 17.6 Å². The zero-order valence-electron chi connectivity index (χ0n) is 10.8. The number of nitrogens with one attached hydrogen (secondary N) is 1. The molecule has 0 bridgehead atoms. The SMILES string of the molecule is CCNC(c1ccc(F)cc1F)c1cccc(F)c1F. The third-order valence-corrected chi connectivity index (χ3v) is 2.97. The highest BCUT2D eigenvalue weighted by atomic mass is 19.2. The van der Waals surface area contributed by atoms with Gasteiger partial charge in [0.15, 0.2) is 11.6 Å². The highest BCUT2D eigenvalue weighted by molar-refractivity contribution is 5.34. The van der Waals surface area contributed by atoms with Crippen molar-refractivity contribution in [3.63, 3.8) is 0 Å². The summed E-state index contributed by atoms with van der Waals surface area (Å²) in [6, 6.07) is 5.85. The van der Waals surface area contributed by atoms with Crippen molar-refractivity contribution < 1.29 is 17.6 Å². The summed E-state index contributed by atoms with van der Waals surface area (Å²) in [7, 11) is 0. The van der Waals surface area contributed by atoms with Crippen LogP contribution in [0.3, 0.4) is 0 Å². The van der Waals surface area contributed by atoms with Gasteiger partial charge >= 0.3 is 0 Å². The van der Waals surface area contributed by atoms with E-state index in [0.29, 0.717) is 6.54 Å². The average molecular weight is 283 g/mol. The second-order valence-corrected chi connectivity index (χ2v) is 4.30. The highest BCUT2D eigenvalue weighted by Gasteiger charge is 2.22. The molecule has 0 saturated carbocycles. The van der Waals surface area contributed by atoms with Crippen LogP contribution >= 0.6 is 0 Å². The fraction of sp³-hybridized carbons (Fsp3) is 0.200. The lowest BCUT2D eigenvalue weighted by Gasteiger charge is -2.20. The summed E-state index contributed by atoms with van der Waals surface area (Å²) >= 11 is 0. The van der Waals surface area contributed by atoms with Gasteiger partial charge in [-0.15, -0.1) is 0 Å². The molecule has 0 aromatic heterocycles. The molecule has 0 aliphatic carbocycles. The number of hydrogen-bond acceptors (Lipinski definition) is 1. The molecule has 0 spiro atoms. The molecule has 0 amide bonds. The molecule has 1 nitrogen and oxygen atoms in total. The zero-order chi connectivity index (χ0) is 14.7. The van der Waals surface area contributed by atoms with Crippen molar-refractivity contribution in [1.82, 2.24) is 5.32 Å². The summed E-state index contributed by atoms with van der Waals surface area (Å²) in [5.41, 5.74) is 0.0510. The van der Waals surface area contributed by atoms with Crippen LogP contribution in [0.2, 0.25) is 0 Å². The maximum absolute atomic E-state index is 13.9. The van der Waals surface area contributed by atoms with E-state index in [1.807, 2.05) is 0 Å². The Labute approximate surface area is 114 Å². The summed E-state index contributed by atoms with van der Waals surface area (Å²) in [4.78, 5) is 0.